The molecule has 0 bridgehead atoms. The van der Waals surface area contributed by atoms with E-state index in [-0.39, 0.29) is 12.1 Å². The zero-order valence-corrected chi connectivity index (χ0v) is 20.3. The number of hydrogen-bond donors (Lipinski definition) is 1. The molecule has 0 saturated carbocycles. The number of aromatic nitrogens is 3. The minimum Gasteiger partial charge on any atom is -0.497 e. The van der Waals surface area contributed by atoms with Gasteiger partial charge in [0.1, 0.15) is 5.75 Å². The van der Waals surface area contributed by atoms with Gasteiger partial charge >= 0.3 is 0 Å². The van der Waals surface area contributed by atoms with Gasteiger partial charge in [-0.05, 0) is 79.7 Å². The molecule has 1 aliphatic rings. The molecule has 1 saturated heterocycles. The SMILES string of the molecule is COc1cccc(-n2c(C)cc(C3C(c4ccccn4)NC(=S)N3Cc3ccncc3)c2C)c1. The summed E-state index contributed by atoms with van der Waals surface area (Å²) in [6.45, 7) is 4.99. The van der Waals surface area contributed by atoms with E-state index in [9.17, 15) is 0 Å². The van der Waals surface area contributed by atoms with E-state index in [1.54, 1.807) is 7.11 Å². The number of rotatable bonds is 6. The van der Waals surface area contributed by atoms with Gasteiger partial charge in [-0.3, -0.25) is 9.97 Å². The Morgan fingerprint density at radius 2 is 1.82 bits per heavy atom. The fourth-order valence-electron chi connectivity index (χ4n) is 4.83. The molecule has 1 aliphatic heterocycles. The lowest BCUT2D eigenvalue weighted by atomic mass is 9.96. The first-order valence-corrected chi connectivity index (χ1v) is 11.7. The van der Waals surface area contributed by atoms with Crippen LogP contribution in [0.25, 0.3) is 5.69 Å². The van der Waals surface area contributed by atoms with E-state index >= 15 is 0 Å². The average molecular weight is 470 g/mol. The summed E-state index contributed by atoms with van der Waals surface area (Å²) in [5.41, 5.74) is 6.75. The molecule has 34 heavy (non-hydrogen) atoms. The lowest BCUT2D eigenvalue weighted by Crippen LogP contribution is -2.29. The normalized spacial score (nSPS) is 17.6. The molecule has 172 valence electrons. The average Bonchev–Trinajstić information content (AvgIpc) is 3.35. The molecular weight excluding hydrogens is 442 g/mol. The minimum absolute atomic E-state index is 0.0128. The molecule has 4 heterocycles. The molecule has 4 aromatic rings. The summed E-state index contributed by atoms with van der Waals surface area (Å²) in [6, 6.07) is 20.4. The number of pyridine rings is 2. The molecule has 0 amide bonds. The van der Waals surface area contributed by atoms with Gasteiger partial charge in [0.05, 0.1) is 24.9 Å². The van der Waals surface area contributed by atoms with Gasteiger partial charge in [-0.15, -0.1) is 0 Å². The van der Waals surface area contributed by atoms with E-state index in [2.05, 4.69) is 62.9 Å². The third kappa shape index (κ3) is 4.03. The number of methoxy groups -OCH3 is 1. The van der Waals surface area contributed by atoms with Crippen LogP contribution in [0.3, 0.4) is 0 Å². The molecule has 0 aliphatic carbocycles. The van der Waals surface area contributed by atoms with Crippen LogP contribution in [-0.2, 0) is 6.54 Å². The van der Waals surface area contributed by atoms with Gasteiger partial charge in [-0.2, -0.15) is 0 Å². The molecule has 2 atom stereocenters. The molecule has 1 N–H and O–H groups in total. The molecular formula is C27H27N5OS. The highest BCUT2D eigenvalue weighted by molar-refractivity contribution is 7.80. The Balaban J connectivity index is 1.62. The highest BCUT2D eigenvalue weighted by atomic mass is 32.1. The van der Waals surface area contributed by atoms with Crippen molar-refractivity contribution in [1.82, 2.24) is 24.8 Å². The lowest BCUT2D eigenvalue weighted by Gasteiger charge is -2.28. The summed E-state index contributed by atoms with van der Waals surface area (Å²) < 4.78 is 7.75. The number of nitrogens with zero attached hydrogens (tertiary/aromatic N) is 4. The van der Waals surface area contributed by atoms with Gasteiger partial charge in [0.25, 0.3) is 0 Å². The van der Waals surface area contributed by atoms with Crippen molar-refractivity contribution in [2.75, 3.05) is 7.11 Å². The van der Waals surface area contributed by atoms with E-state index in [0.717, 1.165) is 33.5 Å². The second-order valence-electron chi connectivity index (χ2n) is 8.47. The maximum atomic E-state index is 5.85. The van der Waals surface area contributed by atoms with Crippen molar-refractivity contribution in [3.8, 4) is 11.4 Å². The topological polar surface area (TPSA) is 55.2 Å². The molecule has 0 radical (unpaired) electrons. The smallest absolute Gasteiger partial charge is 0.170 e. The maximum Gasteiger partial charge on any atom is 0.170 e. The Hall–Kier alpha value is -3.71. The Kier molecular flexibility index (Phi) is 6.02. The standard InChI is InChI=1S/C27H27N5OS/c1-18-15-23(19(2)32(18)21-7-6-8-22(16-21)33-3)26-25(24-9-4-5-12-29-24)30-27(34)31(26)17-20-10-13-28-14-11-20/h4-16,25-26H,17H2,1-3H3,(H,30,34). The monoisotopic (exact) mass is 469 g/mol. The van der Waals surface area contributed by atoms with Crippen molar-refractivity contribution >= 4 is 17.3 Å². The van der Waals surface area contributed by atoms with Crippen LogP contribution in [-0.4, -0.2) is 31.7 Å². The molecule has 1 aromatic carbocycles. The van der Waals surface area contributed by atoms with Gasteiger partial charge in [-0.25, -0.2) is 0 Å². The van der Waals surface area contributed by atoms with Crippen LogP contribution in [0.1, 0.15) is 40.3 Å². The number of aryl methyl sites for hydroxylation is 1. The first-order valence-electron chi connectivity index (χ1n) is 11.3. The molecule has 7 heteroatoms. The Bertz CT molecular complexity index is 1310. The zero-order chi connectivity index (χ0) is 23.7. The third-order valence-electron chi connectivity index (χ3n) is 6.40. The van der Waals surface area contributed by atoms with Crippen LogP contribution in [0, 0.1) is 13.8 Å². The molecule has 1 fully saturated rings. The number of benzene rings is 1. The van der Waals surface area contributed by atoms with Crippen LogP contribution in [0.2, 0.25) is 0 Å². The van der Waals surface area contributed by atoms with Crippen molar-refractivity contribution in [1.29, 1.82) is 0 Å². The number of nitrogens with one attached hydrogen (secondary N) is 1. The predicted molar refractivity (Wildman–Crippen MR) is 137 cm³/mol. The van der Waals surface area contributed by atoms with E-state index in [4.69, 9.17) is 17.0 Å². The van der Waals surface area contributed by atoms with Crippen LogP contribution >= 0.6 is 12.2 Å². The fourth-order valence-corrected chi connectivity index (χ4v) is 5.14. The van der Waals surface area contributed by atoms with Crippen molar-refractivity contribution in [2.45, 2.75) is 32.5 Å². The van der Waals surface area contributed by atoms with Gasteiger partial charge in [0.15, 0.2) is 5.11 Å². The first-order chi connectivity index (χ1) is 16.6. The van der Waals surface area contributed by atoms with E-state index in [0.29, 0.717) is 6.54 Å². The van der Waals surface area contributed by atoms with Gasteiger partial charge in [0, 0.05) is 48.3 Å². The fraction of sp³-hybridized carbons (Fsp3) is 0.222. The summed E-state index contributed by atoms with van der Waals surface area (Å²) in [4.78, 5) is 11.1. The highest BCUT2D eigenvalue weighted by Crippen LogP contribution is 2.42. The van der Waals surface area contributed by atoms with Crippen molar-refractivity contribution in [3.63, 3.8) is 0 Å². The zero-order valence-electron chi connectivity index (χ0n) is 19.5. The Labute approximate surface area is 205 Å². The van der Waals surface area contributed by atoms with Crippen LogP contribution < -0.4 is 10.1 Å². The number of thiocarbonyl (C=S) groups is 1. The second kappa shape index (κ2) is 9.27. The van der Waals surface area contributed by atoms with Crippen molar-refractivity contribution in [3.05, 3.63) is 107 Å². The van der Waals surface area contributed by atoms with E-state index < -0.39 is 0 Å². The minimum atomic E-state index is -0.0604. The van der Waals surface area contributed by atoms with Gasteiger partial charge in [-0.1, -0.05) is 12.1 Å². The van der Waals surface area contributed by atoms with Gasteiger partial charge < -0.3 is 19.5 Å². The first kappa shape index (κ1) is 22.1. The van der Waals surface area contributed by atoms with E-state index in [1.807, 2.05) is 55.0 Å². The summed E-state index contributed by atoms with van der Waals surface area (Å²) >= 11 is 5.85. The predicted octanol–water partition coefficient (Wildman–Crippen LogP) is 5.07. The Morgan fingerprint density at radius 1 is 1.00 bits per heavy atom. The van der Waals surface area contributed by atoms with Crippen molar-refractivity contribution < 1.29 is 4.74 Å². The lowest BCUT2D eigenvalue weighted by molar-refractivity contribution is 0.310. The maximum absolute atomic E-state index is 5.85. The second-order valence-corrected chi connectivity index (χ2v) is 8.86. The van der Waals surface area contributed by atoms with Crippen LogP contribution in [0.5, 0.6) is 5.75 Å². The Morgan fingerprint density at radius 3 is 2.56 bits per heavy atom. The van der Waals surface area contributed by atoms with Crippen molar-refractivity contribution in [2.24, 2.45) is 0 Å². The summed E-state index contributed by atoms with van der Waals surface area (Å²) in [5.74, 6) is 0.834. The highest BCUT2D eigenvalue weighted by Gasteiger charge is 2.41. The van der Waals surface area contributed by atoms with Gasteiger partial charge in [0.2, 0.25) is 0 Å². The molecule has 6 nitrogen and oxygen atoms in total. The van der Waals surface area contributed by atoms with Crippen LogP contribution in [0.4, 0.5) is 0 Å². The summed E-state index contributed by atoms with van der Waals surface area (Å²) in [6.07, 6.45) is 5.48. The molecule has 0 spiro atoms. The summed E-state index contributed by atoms with van der Waals surface area (Å²) in [7, 11) is 1.69. The molecule has 2 unspecified atom stereocenters. The van der Waals surface area contributed by atoms with E-state index in [1.165, 1.54) is 11.3 Å². The number of hydrogen-bond acceptors (Lipinski definition) is 4. The third-order valence-corrected chi connectivity index (χ3v) is 6.75. The molecule has 3 aromatic heterocycles. The summed E-state index contributed by atoms with van der Waals surface area (Å²) in [5, 5.41) is 4.28. The molecule has 5 rings (SSSR count). The largest absolute Gasteiger partial charge is 0.497 e. The quantitative estimate of drug-likeness (QED) is 0.398. The number of ether oxygens (including phenoxy) is 1. The van der Waals surface area contributed by atoms with Crippen LogP contribution in [0.15, 0.2) is 79.3 Å².